The van der Waals surface area contributed by atoms with E-state index in [1.54, 1.807) is 0 Å². The van der Waals surface area contributed by atoms with Crippen LogP contribution in [0.2, 0.25) is 0 Å². The van der Waals surface area contributed by atoms with Crippen LogP contribution in [0.1, 0.15) is 18.9 Å². The molecule has 0 unspecified atom stereocenters. The molecule has 0 aliphatic rings. The summed E-state index contributed by atoms with van der Waals surface area (Å²) in [6.07, 6.45) is 4.92. The zero-order chi connectivity index (χ0) is 11.8. The minimum atomic E-state index is 0.945. The number of aromatic nitrogens is 1. The predicted molar refractivity (Wildman–Crippen MR) is 71.4 cm³/mol. The van der Waals surface area contributed by atoms with Crippen molar-refractivity contribution >= 4 is 15.9 Å². The van der Waals surface area contributed by atoms with Crippen molar-refractivity contribution in [1.82, 2.24) is 15.2 Å². The Morgan fingerprint density at radius 2 is 2.19 bits per heavy atom. The molecule has 0 spiro atoms. The largest absolute Gasteiger partial charge is 0.315 e. The molecular formula is C12H20BrN3. The summed E-state index contributed by atoms with van der Waals surface area (Å²) in [5.74, 6) is 0. The molecule has 0 amide bonds. The van der Waals surface area contributed by atoms with Crippen LogP contribution in [0.25, 0.3) is 0 Å². The lowest BCUT2D eigenvalue weighted by molar-refractivity contribution is 0.324. The van der Waals surface area contributed by atoms with E-state index >= 15 is 0 Å². The van der Waals surface area contributed by atoms with Gasteiger partial charge in [-0.15, -0.1) is 0 Å². The Hall–Kier alpha value is -0.450. The molecule has 4 heteroatoms. The summed E-state index contributed by atoms with van der Waals surface area (Å²) < 4.78 is 1.04. The maximum atomic E-state index is 4.16. The molecule has 1 aromatic heterocycles. The Balaban J connectivity index is 2.25. The molecule has 0 saturated carbocycles. The minimum Gasteiger partial charge on any atom is -0.315 e. The first-order valence-corrected chi connectivity index (χ1v) is 6.50. The van der Waals surface area contributed by atoms with Gasteiger partial charge in [0.2, 0.25) is 0 Å². The Morgan fingerprint density at radius 3 is 2.88 bits per heavy atom. The van der Waals surface area contributed by atoms with Gasteiger partial charge in [0.15, 0.2) is 0 Å². The van der Waals surface area contributed by atoms with E-state index < -0.39 is 0 Å². The van der Waals surface area contributed by atoms with Crippen molar-refractivity contribution in [3.63, 3.8) is 0 Å². The topological polar surface area (TPSA) is 28.2 Å². The van der Waals surface area contributed by atoms with Crippen LogP contribution in [0, 0.1) is 0 Å². The van der Waals surface area contributed by atoms with Crippen LogP contribution in [-0.2, 0) is 6.54 Å². The van der Waals surface area contributed by atoms with Crippen molar-refractivity contribution < 1.29 is 0 Å². The maximum absolute atomic E-state index is 4.16. The van der Waals surface area contributed by atoms with Gasteiger partial charge in [0, 0.05) is 36.5 Å². The normalized spacial score (nSPS) is 11.0. The van der Waals surface area contributed by atoms with E-state index in [9.17, 15) is 0 Å². The van der Waals surface area contributed by atoms with E-state index in [1.807, 2.05) is 12.4 Å². The molecular weight excluding hydrogens is 266 g/mol. The Kier molecular flexibility index (Phi) is 6.61. The van der Waals surface area contributed by atoms with Gasteiger partial charge in [0.05, 0.1) is 0 Å². The summed E-state index contributed by atoms with van der Waals surface area (Å²) in [5.41, 5.74) is 1.24. The zero-order valence-corrected chi connectivity index (χ0v) is 11.6. The first-order chi connectivity index (χ1) is 7.72. The van der Waals surface area contributed by atoms with Crippen LogP contribution in [0.4, 0.5) is 0 Å². The number of likely N-dealkylation sites (N-methyl/N-ethyl adjacent to an activating group) is 1. The summed E-state index contributed by atoms with van der Waals surface area (Å²) in [6, 6.07) is 2.11. The summed E-state index contributed by atoms with van der Waals surface area (Å²) in [7, 11) is 2.13. The number of rotatable bonds is 7. The van der Waals surface area contributed by atoms with Crippen molar-refractivity contribution in [3.05, 3.63) is 28.5 Å². The highest BCUT2D eigenvalue weighted by molar-refractivity contribution is 9.10. The second kappa shape index (κ2) is 7.76. The third kappa shape index (κ3) is 5.58. The fourth-order valence-electron chi connectivity index (χ4n) is 1.50. The monoisotopic (exact) mass is 285 g/mol. The van der Waals surface area contributed by atoms with Crippen molar-refractivity contribution in [2.24, 2.45) is 0 Å². The number of pyridine rings is 1. The molecule has 0 bridgehead atoms. The smallest absolute Gasteiger partial charge is 0.0410 e. The lowest BCUT2D eigenvalue weighted by Crippen LogP contribution is -2.29. The molecule has 1 heterocycles. The summed E-state index contributed by atoms with van der Waals surface area (Å²) in [4.78, 5) is 6.46. The van der Waals surface area contributed by atoms with Gasteiger partial charge in [0.1, 0.15) is 0 Å². The number of halogens is 1. The fraction of sp³-hybridized carbons (Fsp3) is 0.583. The van der Waals surface area contributed by atoms with Gasteiger partial charge in [-0.05, 0) is 47.6 Å². The zero-order valence-electron chi connectivity index (χ0n) is 10.0. The van der Waals surface area contributed by atoms with Gasteiger partial charge in [-0.25, -0.2) is 0 Å². The van der Waals surface area contributed by atoms with Gasteiger partial charge in [0.25, 0.3) is 0 Å². The van der Waals surface area contributed by atoms with Crippen LogP contribution >= 0.6 is 15.9 Å². The van der Waals surface area contributed by atoms with Crippen LogP contribution in [0.5, 0.6) is 0 Å². The standard InChI is InChI=1S/C12H20BrN3/c1-3-4-14-5-6-16(2)10-11-7-12(13)9-15-8-11/h7-9,14H,3-6,10H2,1-2H3. The van der Waals surface area contributed by atoms with Crippen LogP contribution in [0.15, 0.2) is 22.9 Å². The Morgan fingerprint density at radius 1 is 1.38 bits per heavy atom. The predicted octanol–water partition coefficient (Wildman–Crippen LogP) is 2.28. The Bertz CT molecular complexity index is 304. The quantitative estimate of drug-likeness (QED) is 0.779. The van der Waals surface area contributed by atoms with E-state index in [4.69, 9.17) is 0 Å². The average molecular weight is 286 g/mol. The van der Waals surface area contributed by atoms with Crippen molar-refractivity contribution in [1.29, 1.82) is 0 Å². The SMILES string of the molecule is CCCNCCN(C)Cc1cncc(Br)c1. The number of hydrogen-bond donors (Lipinski definition) is 1. The molecule has 0 atom stereocenters. The molecule has 3 nitrogen and oxygen atoms in total. The average Bonchev–Trinajstić information content (AvgIpc) is 2.24. The first kappa shape index (κ1) is 13.6. The lowest BCUT2D eigenvalue weighted by Gasteiger charge is -2.16. The molecule has 90 valence electrons. The van der Waals surface area contributed by atoms with Crippen molar-refractivity contribution in [2.45, 2.75) is 19.9 Å². The van der Waals surface area contributed by atoms with Gasteiger partial charge >= 0.3 is 0 Å². The third-order valence-electron chi connectivity index (χ3n) is 2.31. The van der Waals surface area contributed by atoms with Crippen LogP contribution < -0.4 is 5.32 Å². The molecule has 0 aromatic carbocycles. The van der Waals surface area contributed by atoms with Gasteiger partial charge in [-0.3, -0.25) is 4.98 Å². The van der Waals surface area contributed by atoms with E-state index in [0.717, 1.165) is 30.7 Å². The highest BCUT2D eigenvalue weighted by atomic mass is 79.9. The number of nitrogens with zero attached hydrogens (tertiary/aromatic N) is 2. The molecule has 1 aromatic rings. The summed E-state index contributed by atoms with van der Waals surface area (Å²) in [5, 5.41) is 3.40. The molecule has 1 rings (SSSR count). The minimum absolute atomic E-state index is 0.945. The highest BCUT2D eigenvalue weighted by Gasteiger charge is 2.00. The maximum Gasteiger partial charge on any atom is 0.0410 e. The summed E-state index contributed by atoms with van der Waals surface area (Å²) in [6.45, 7) is 6.34. The van der Waals surface area contributed by atoms with Crippen LogP contribution in [0.3, 0.4) is 0 Å². The van der Waals surface area contributed by atoms with Gasteiger partial charge in [-0.1, -0.05) is 6.92 Å². The van der Waals surface area contributed by atoms with Crippen molar-refractivity contribution in [3.8, 4) is 0 Å². The Labute approximate surface area is 106 Å². The molecule has 0 saturated heterocycles. The van der Waals surface area contributed by atoms with E-state index in [0.29, 0.717) is 0 Å². The van der Waals surface area contributed by atoms with E-state index in [2.05, 4.69) is 51.2 Å². The van der Waals surface area contributed by atoms with Gasteiger partial charge in [-0.2, -0.15) is 0 Å². The molecule has 16 heavy (non-hydrogen) atoms. The molecule has 0 aliphatic heterocycles. The highest BCUT2D eigenvalue weighted by Crippen LogP contribution is 2.10. The second-order valence-electron chi connectivity index (χ2n) is 4.00. The van der Waals surface area contributed by atoms with Gasteiger partial charge < -0.3 is 10.2 Å². The number of nitrogens with one attached hydrogen (secondary N) is 1. The molecule has 0 radical (unpaired) electrons. The van der Waals surface area contributed by atoms with E-state index in [1.165, 1.54) is 12.0 Å². The second-order valence-corrected chi connectivity index (χ2v) is 4.91. The summed E-state index contributed by atoms with van der Waals surface area (Å²) >= 11 is 3.43. The first-order valence-electron chi connectivity index (χ1n) is 5.71. The molecule has 0 fully saturated rings. The molecule has 1 N–H and O–H groups in total. The van der Waals surface area contributed by atoms with Crippen molar-refractivity contribution in [2.75, 3.05) is 26.7 Å². The lowest BCUT2D eigenvalue weighted by atomic mass is 10.3. The number of hydrogen-bond acceptors (Lipinski definition) is 3. The third-order valence-corrected chi connectivity index (χ3v) is 2.74. The van der Waals surface area contributed by atoms with E-state index in [-0.39, 0.29) is 0 Å². The fourth-order valence-corrected chi connectivity index (χ4v) is 1.92. The molecule has 0 aliphatic carbocycles. The van der Waals surface area contributed by atoms with Crippen LogP contribution in [-0.4, -0.2) is 36.6 Å².